The molecule has 12 heteroatoms. The topological polar surface area (TPSA) is 132 Å². The van der Waals surface area contributed by atoms with E-state index in [-0.39, 0.29) is 36.2 Å². The Balaban J connectivity index is 1.39. The van der Waals surface area contributed by atoms with Crippen LogP contribution in [0.1, 0.15) is 29.4 Å². The Kier molecular flexibility index (Phi) is 9.16. The van der Waals surface area contributed by atoms with Crippen LogP contribution in [0.5, 0.6) is 0 Å². The number of amides is 1. The molecule has 0 unspecified atom stereocenters. The highest BCUT2D eigenvalue weighted by molar-refractivity contribution is 6.76. The van der Waals surface area contributed by atoms with Gasteiger partial charge in [0.1, 0.15) is 25.2 Å². The lowest BCUT2D eigenvalue weighted by molar-refractivity contribution is 0.0690. The predicted molar refractivity (Wildman–Crippen MR) is 166 cm³/mol. The molecule has 11 nitrogen and oxygen atoms in total. The molecule has 0 aliphatic carbocycles. The molecule has 1 aromatic carbocycles. The average Bonchev–Trinajstić information content (AvgIpc) is 3.62. The Morgan fingerprint density at radius 3 is 2.67 bits per heavy atom. The normalized spacial score (nSPS) is 17.3. The predicted octanol–water partition coefficient (Wildman–Crippen LogP) is 6.16. The van der Waals surface area contributed by atoms with E-state index in [1.807, 2.05) is 47.2 Å². The van der Waals surface area contributed by atoms with Crippen molar-refractivity contribution in [3.05, 3.63) is 66.3 Å². The van der Waals surface area contributed by atoms with Crippen molar-refractivity contribution in [1.29, 1.82) is 0 Å². The lowest BCUT2D eigenvalue weighted by Crippen LogP contribution is -2.48. The van der Waals surface area contributed by atoms with E-state index in [4.69, 9.17) is 13.9 Å². The monoisotopic (exact) mass is 605 g/mol. The number of carbonyl (C=O) groups is 2. The second-order valence-electron chi connectivity index (χ2n) is 12.4. The van der Waals surface area contributed by atoms with Gasteiger partial charge in [-0.25, -0.2) is 19.6 Å². The van der Waals surface area contributed by atoms with Gasteiger partial charge in [0.05, 0.1) is 11.3 Å². The standard InChI is InChI=1S/C31H39N5O6Si/c1-21-14-23(17-36(16-21)31(39)42-18-22-8-6-5-7-9-22)33-27-24-10-11-35(20-40-12-13-43(2,3)4)28(24)32-15-25(27)29-34-26(19-41-29)30(37)38/h5-11,15,19,21,23H,12-14,16-18,20H2,1-4H3,(H,32,33)(H,37,38)/t21-,23+/m0/s1. The molecule has 1 aliphatic heterocycles. The van der Waals surface area contributed by atoms with Gasteiger partial charge in [-0.15, -0.1) is 0 Å². The summed E-state index contributed by atoms with van der Waals surface area (Å²) in [6.45, 7) is 11.3. The van der Waals surface area contributed by atoms with Crippen molar-refractivity contribution in [3.63, 3.8) is 0 Å². The van der Waals surface area contributed by atoms with Crippen molar-refractivity contribution in [2.75, 3.05) is 25.0 Å². The van der Waals surface area contributed by atoms with Crippen LogP contribution in [-0.2, 0) is 22.8 Å². The maximum absolute atomic E-state index is 13.0. The fourth-order valence-electron chi connectivity index (χ4n) is 5.22. The third kappa shape index (κ3) is 7.62. The minimum Gasteiger partial charge on any atom is -0.476 e. The van der Waals surface area contributed by atoms with Crippen LogP contribution in [-0.4, -0.2) is 70.4 Å². The van der Waals surface area contributed by atoms with E-state index in [2.05, 4.69) is 41.8 Å². The van der Waals surface area contributed by atoms with Crippen LogP contribution in [0.4, 0.5) is 10.5 Å². The molecule has 2 N–H and O–H groups in total. The van der Waals surface area contributed by atoms with Gasteiger partial charge in [-0.05, 0) is 30.0 Å². The zero-order valence-corrected chi connectivity index (χ0v) is 26.1. The van der Waals surface area contributed by atoms with Crippen molar-refractivity contribution in [1.82, 2.24) is 19.4 Å². The maximum atomic E-state index is 13.0. The number of hydrogen-bond acceptors (Lipinski definition) is 8. The molecule has 1 amide bonds. The fourth-order valence-corrected chi connectivity index (χ4v) is 5.97. The van der Waals surface area contributed by atoms with Gasteiger partial charge in [0, 0.05) is 51.6 Å². The minimum absolute atomic E-state index is 0.109. The number of nitrogens with one attached hydrogen (secondary N) is 1. The van der Waals surface area contributed by atoms with E-state index in [0.717, 1.165) is 29.7 Å². The smallest absolute Gasteiger partial charge is 0.410 e. The molecule has 4 aromatic rings. The number of oxazole rings is 1. The number of fused-ring (bicyclic) bond motifs is 1. The number of aromatic carboxylic acids is 1. The van der Waals surface area contributed by atoms with Gasteiger partial charge >= 0.3 is 12.1 Å². The number of likely N-dealkylation sites (tertiary alicyclic amines) is 1. The number of benzene rings is 1. The van der Waals surface area contributed by atoms with Gasteiger partial charge in [-0.3, -0.25) is 0 Å². The van der Waals surface area contributed by atoms with Crippen molar-refractivity contribution < 1.29 is 28.6 Å². The van der Waals surface area contributed by atoms with Crippen LogP contribution in [0.2, 0.25) is 25.7 Å². The third-order valence-electron chi connectivity index (χ3n) is 7.44. The Hall–Kier alpha value is -4.16. The fraction of sp³-hybridized carbons (Fsp3) is 0.419. The van der Waals surface area contributed by atoms with Gasteiger partial charge in [0.2, 0.25) is 5.89 Å². The summed E-state index contributed by atoms with van der Waals surface area (Å²) in [6, 6.07) is 12.5. The third-order valence-corrected chi connectivity index (χ3v) is 9.14. The van der Waals surface area contributed by atoms with Crippen LogP contribution in [0, 0.1) is 5.92 Å². The maximum Gasteiger partial charge on any atom is 0.410 e. The molecule has 1 saturated heterocycles. The number of piperidine rings is 1. The largest absolute Gasteiger partial charge is 0.476 e. The van der Waals surface area contributed by atoms with Gasteiger partial charge in [0.25, 0.3) is 0 Å². The van der Waals surface area contributed by atoms with Gasteiger partial charge in [-0.1, -0.05) is 56.9 Å². The highest BCUT2D eigenvalue weighted by Crippen LogP contribution is 2.35. The summed E-state index contributed by atoms with van der Waals surface area (Å²) in [7, 11) is -1.22. The Morgan fingerprint density at radius 2 is 1.95 bits per heavy atom. The van der Waals surface area contributed by atoms with Crippen molar-refractivity contribution in [3.8, 4) is 11.5 Å². The first kappa shape index (κ1) is 30.3. The summed E-state index contributed by atoms with van der Waals surface area (Å²) in [5.74, 6) is -0.802. The molecule has 1 aliphatic rings. The summed E-state index contributed by atoms with van der Waals surface area (Å²) in [5.41, 5.74) is 2.70. The molecule has 228 valence electrons. The lowest BCUT2D eigenvalue weighted by atomic mass is 9.95. The highest BCUT2D eigenvalue weighted by atomic mass is 28.3. The zero-order valence-electron chi connectivity index (χ0n) is 25.1. The van der Waals surface area contributed by atoms with Gasteiger partial charge in [0.15, 0.2) is 5.69 Å². The molecule has 2 atom stereocenters. The number of ether oxygens (including phenoxy) is 2. The Morgan fingerprint density at radius 1 is 1.16 bits per heavy atom. The van der Waals surface area contributed by atoms with Crippen molar-refractivity contribution >= 4 is 36.9 Å². The second kappa shape index (κ2) is 13.0. The van der Waals surface area contributed by atoms with Crippen LogP contribution in [0.25, 0.3) is 22.5 Å². The minimum atomic E-state index is -1.22. The molecule has 43 heavy (non-hydrogen) atoms. The Labute approximate surface area is 251 Å². The number of carbonyl (C=O) groups excluding carboxylic acids is 1. The van der Waals surface area contributed by atoms with E-state index in [0.29, 0.717) is 43.3 Å². The quantitative estimate of drug-likeness (QED) is 0.152. The molecule has 3 aromatic heterocycles. The number of carboxylic acid groups (broad SMARTS) is 1. The number of anilines is 1. The summed E-state index contributed by atoms with van der Waals surface area (Å²) in [6.07, 6.45) is 5.14. The highest BCUT2D eigenvalue weighted by Gasteiger charge is 2.30. The van der Waals surface area contributed by atoms with E-state index in [1.54, 1.807) is 11.1 Å². The number of rotatable bonds is 11. The lowest BCUT2D eigenvalue weighted by Gasteiger charge is -2.36. The summed E-state index contributed by atoms with van der Waals surface area (Å²) in [5, 5.41) is 13.9. The number of pyridine rings is 1. The van der Waals surface area contributed by atoms with Crippen molar-refractivity contribution in [2.24, 2.45) is 5.92 Å². The van der Waals surface area contributed by atoms with E-state index < -0.39 is 14.0 Å². The Bertz CT molecular complexity index is 1560. The van der Waals surface area contributed by atoms with E-state index in [9.17, 15) is 14.7 Å². The molecular formula is C31H39N5O6Si. The van der Waals surface area contributed by atoms with Gasteiger partial charge in [-0.2, -0.15) is 0 Å². The first-order chi connectivity index (χ1) is 20.6. The molecular weight excluding hydrogens is 566 g/mol. The van der Waals surface area contributed by atoms with Crippen molar-refractivity contribution in [2.45, 2.75) is 58.4 Å². The van der Waals surface area contributed by atoms with E-state index >= 15 is 0 Å². The number of carboxylic acids is 1. The number of nitrogens with zero attached hydrogens (tertiary/aromatic N) is 4. The summed E-state index contributed by atoms with van der Waals surface area (Å²) >= 11 is 0. The SMILES string of the molecule is C[C@H]1C[C@@H](Nc2c(-c3nc(C(=O)O)co3)cnc3c2ccn3COCC[Si](C)(C)C)CN(C(=O)OCc2ccccc2)C1. The number of aromatic nitrogens is 3. The molecule has 1 fully saturated rings. The van der Waals surface area contributed by atoms with E-state index in [1.165, 1.54) is 0 Å². The summed E-state index contributed by atoms with van der Waals surface area (Å²) in [4.78, 5) is 35.2. The average molecular weight is 606 g/mol. The molecule has 5 rings (SSSR count). The van der Waals surface area contributed by atoms with Crippen LogP contribution < -0.4 is 5.32 Å². The molecule has 0 saturated carbocycles. The first-order valence-electron chi connectivity index (χ1n) is 14.5. The molecule has 0 bridgehead atoms. The first-order valence-corrected chi connectivity index (χ1v) is 18.2. The summed E-state index contributed by atoms with van der Waals surface area (Å²) < 4.78 is 19.1. The molecule has 0 radical (unpaired) electrons. The van der Waals surface area contributed by atoms with Crippen LogP contribution >= 0.6 is 0 Å². The molecule has 0 spiro atoms. The zero-order chi connectivity index (χ0) is 30.6. The number of hydrogen-bond donors (Lipinski definition) is 2. The van der Waals surface area contributed by atoms with Crippen LogP contribution in [0.15, 0.2) is 59.5 Å². The van der Waals surface area contributed by atoms with Crippen LogP contribution in [0.3, 0.4) is 0 Å². The second-order valence-corrected chi connectivity index (χ2v) is 18.0. The van der Waals surface area contributed by atoms with Gasteiger partial charge < -0.3 is 33.8 Å². The molecule has 4 heterocycles.